The van der Waals surface area contributed by atoms with E-state index in [4.69, 9.17) is 14.2 Å². The Morgan fingerprint density at radius 2 is 1.79 bits per heavy atom. The van der Waals surface area contributed by atoms with Crippen molar-refractivity contribution in [2.24, 2.45) is 34.5 Å². The highest BCUT2D eigenvalue weighted by atomic mass is 16.7. The first-order chi connectivity index (χ1) is 17.6. The van der Waals surface area contributed by atoms with Crippen LogP contribution < -0.4 is 0 Å². The Balaban J connectivity index is 1.52. The predicted octanol–water partition coefficient (Wildman–Crippen LogP) is 0.510. The van der Waals surface area contributed by atoms with E-state index in [1.54, 1.807) is 26.8 Å². The molecule has 10 heteroatoms. The van der Waals surface area contributed by atoms with Gasteiger partial charge in [0.05, 0.1) is 29.3 Å². The van der Waals surface area contributed by atoms with Gasteiger partial charge in [-0.05, 0) is 56.9 Å². The molecule has 7 rings (SSSR count). The van der Waals surface area contributed by atoms with Crippen molar-refractivity contribution in [2.75, 3.05) is 0 Å². The molecular formula is C28H32O10. The van der Waals surface area contributed by atoms with Gasteiger partial charge in [-0.2, -0.15) is 0 Å². The quantitative estimate of drug-likeness (QED) is 0.299. The average Bonchev–Trinajstić information content (AvgIpc) is 3.19. The van der Waals surface area contributed by atoms with E-state index in [-0.39, 0.29) is 25.0 Å². The van der Waals surface area contributed by atoms with Crippen molar-refractivity contribution < 1.29 is 48.7 Å². The summed E-state index contributed by atoms with van der Waals surface area (Å²) in [6.45, 7) is 6.53. The van der Waals surface area contributed by atoms with E-state index in [0.717, 1.165) is 0 Å². The predicted molar refractivity (Wildman–Crippen MR) is 126 cm³/mol. The molecule has 0 aromatic carbocycles. The highest BCUT2D eigenvalue weighted by molar-refractivity contribution is 6.01. The fraction of sp³-hybridized carbons (Fsp3) is 0.714. The maximum absolute atomic E-state index is 14.6. The summed E-state index contributed by atoms with van der Waals surface area (Å²) in [5.74, 6) is -9.59. The Morgan fingerprint density at radius 1 is 1.08 bits per heavy atom. The van der Waals surface area contributed by atoms with Crippen molar-refractivity contribution >= 4 is 23.5 Å². The highest BCUT2D eigenvalue weighted by Crippen LogP contribution is 2.73. The molecule has 5 fully saturated rings. The fourth-order valence-electron chi connectivity index (χ4n) is 9.51. The van der Waals surface area contributed by atoms with Crippen LogP contribution in [0.5, 0.6) is 0 Å². The SMILES string of the molecule is C[C@@H]1C(=O)O[C@@H]2C[C@@]1(C)C1C(=O)C3(O)OC14C2(C)OC(=O)[C@@]4(O)CCC1C3C(O)C=C2CC=CC(=O)[C@@]21C. The van der Waals surface area contributed by atoms with E-state index in [1.165, 1.54) is 19.1 Å². The summed E-state index contributed by atoms with van der Waals surface area (Å²) in [6.07, 6.45) is 2.66. The van der Waals surface area contributed by atoms with E-state index in [1.807, 2.05) is 0 Å². The van der Waals surface area contributed by atoms with Gasteiger partial charge in [0.2, 0.25) is 5.79 Å². The molecule has 38 heavy (non-hydrogen) atoms. The molecule has 4 bridgehead atoms. The Hall–Kier alpha value is -2.40. The van der Waals surface area contributed by atoms with Gasteiger partial charge in [-0.25, -0.2) is 4.79 Å². The summed E-state index contributed by atoms with van der Waals surface area (Å²) < 4.78 is 18.0. The van der Waals surface area contributed by atoms with Gasteiger partial charge in [0.25, 0.3) is 0 Å². The molecule has 1 saturated carbocycles. The minimum absolute atomic E-state index is 0.0287. The Kier molecular flexibility index (Phi) is 4.31. The van der Waals surface area contributed by atoms with Gasteiger partial charge in [-0.1, -0.05) is 31.6 Å². The molecule has 0 aromatic rings. The number of esters is 2. The molecule has 4 saturated heterocycles. The molecule has 204 valence electrons. The van der Waals surface area contributed by atoms with Crippen LogP contribution in [0.3, 0.4) is 0 Å². The molecule has 12 atom stereocenters. The number of rotatable bonds is 0. The number of aliphatic hydroxyl groups excluding tert-OH is 1. The number of hydrogen-bond donors (Lipinski definition) is 3. The topological polar surface area (TPSA) is 157 Å². The monoisotopic (exact) mass is 528 g/mol. The first-order valence-electron chi connectivity index (χ1n) is 13.4. The lowest BCUT2D eigenvalue weighted by atomic mass is 9.46. The Bertz CT molecular complexity index is 1300. The standard InChI is InChI=1S/C28H32O10/c1-12-21(32)36-17-11-23(12,2)19-20(31)27(35)18-14(24(3)13(10-15(18)29)6-5-7-16(24)30)8-9-26(34)22(33)37-25(17,4)28(19,26)38-27/h5,7,10,12,14-15,17-19,29,34-35H,6,8-9,11H2,1-4H3/t12-,14?,15?,17-,18?,19?,23-,24+,25?,26+,27?,28?/m1/s1. The molecule has 4 aliphatic heterocycles. The van der Waals surface area contributed by atoms with Gasteiger partial charge in [-0.15, -0.1) is 0 Å². The van der Waals surface area contributed by atoms with Crippen LogP contribution in [0.2, 0.25) is 0 Å². The summed E-state index contributed by atoms with van der Waals surface area (Å²) >= 11 is 0. The van der Waals surface area contributed by atoms with Crippen LogP contribution in [-0.4, -0.2) is 73.6 Å². The average molecular weight is 529 g/mol. The van der Waals surface area contributed by atoms with Gasteiger partial charge in [0.15, 0.2) is 28.4 Å². The smallest absolute Gasteiger partial charge is 0.342 e. The van der Waals surface area contributed by atoms with Crippen LogP contribution in [-0.2, 0) is 33.4 Å². The van der Waals surface area contributed by atoms with Crippen LogP contribution in [0.4, 0.5) is 0 Å². The molecule has 10 nitrogen and oxygen atoms in total. The lowest BCUT2D eigenvalue weighted by molar-refractivity contribution is -0.350. The van der Waals surface area contributed by atoms with Crippen molar-refractivity contribution in [3.63, 3.8) is 0 Å². The Morgan fingerprint density at radius 3 is 2.50 bits per heavy atom. The number of hydrogen-bond acceptors (Lipinski definition) is 10. The van der Waals surface area contributed by atoms with Crippen molar-refractivity contribution in [2.45, 2.75) is 88.2 Å². The van der Waals surface area contributed by atoms with Crippen molar-refractivity contribution in [3.8, 4) is 0 Å². The second kappa shape index (κ2) is 6.66. The maximum Gasteiger partial charge on any atom is 0.342 e. The number of ether oxygens (including phenoxy) is 3. The van der Waals surface area contributed by atoms with Crippen LogP contribution >= 0.6 is 0 Å². The van der Waals surface area contributed by atoms with E-state index in [2.05, 4.69) is 0 Å². The molecule has 7 unspecified atom stereocenters. The molecule has 1 spiro atoms. The van der Waals surface area contributed by atoms with E-state index >= 15 is 0 Å². The first-order valence-corrected chi connectivity index (χ1v) is 13.4. The maximum atomic E-state index is 14.6. The van der Waals surface area contributed by atoms with Crippen LogP contribution in [0.1, 0.15) is 53.4 Å². The largest absolute Gasteiger partial charge is 0.458 e. The van der Waals surface area contributed by atoms with Gasteiger partial charge in [0.1, 0.15) is 6.10 Å². The summed E-state index contributed by atoms with van der Waals surface area (Å²) in [7, 11) is 0. The van der Waals surface area contributed by atoms with Gasteiger partial charge < -0.3 is 29.5 Å². The molecule has 4 heterocycles. The zero-order valence-corrected chi connectivity index (χ0v) is 21.7. The van der Waals surface area contributed by atoms with Crippen LogP contribution in [0.25, 0.3) is 0 Å². The molecule has 0 radical (unpaired) electrons. The van der Waals surface area contributed by atoms with E-state index < -0.39 is 87.0 Å². The second-order valence-corrected chi connectivity index (χ2v) is 13.1. The zero-order valence-electron chi connectivity index (χ0n) is 21.7. The number of Topliss-reactive ketones (excluding diaryl/α,β-unsaturated/α-hetero) is 1. The third-order valence-corrected chi connectivity index (χ3v) is 11.8. The summed E-state index contributed by atoms with van der Waals surface area (Å²) in [4.78, 5) is 54.6. The first kappa shape index (κ1) is 24.6. The third kappa shape index (κ3) is 2.19. The van der Waals surface area contributed by atoms with Crippen LogP contribution in [0, 0.1) is 34.5 Å². The lowest BCUT2D eigenvalue weighted by Gasteiger charge is -2.61. The number of aliphatic hydroxyl groups is 3. The van der Waals surface area contributed by atoms with E-state index in [0.29, 0.717) is 12.0 Å². The van der Waals surface area contributed by atoms with Gasteiger partial charge >= 0.3 is 11.9 Å². The molecule has 3 N–H and O–H groups in total. The lowest BCUT2D eigenvalue weighted by Crippen LogP contribution is -2.78. The van der Waals surface area contributed by atoms with Gasteiger partial charge in [0, 0.05) is 0 Å². The van der Waals surface area contributed by atoms with Crippen molar-refractivity contribution in [1.29, 1.82) is 0 Å². The van der Waals surface area contributed by atoms with Crippen LogP contribution in [0.15, 0.2) is 23.8 Å². The minimum Gasteiger partial charge on any atom is -0.458 e. The number of ketones is 2. The molecule has 0 aromatic heterocycles. The van der Waals surface area contributed by atoms with Crippen molar-refractivity contribution in [3.05, 3.63) is 23.8 Å². The summed E-state index contributed by atoms with van der Waals surface area (Å²) in [5.41, 5.74) is -7.93. The van der Waals surface area contributed by atoms with Crippen molar-refractivity contribution in [1.82, 2.24) is 0 Å². The Labute approximate surface area is 219 Å². The molecule has 0 amide bonds. The highest BCUT2D eigenvalue weighted by Gasteiger charge is 2.92. The number of carbonyl (C=O) groups excluding carboxylic acids is 4. The molecule has 3 aliphatic carbocycles. The molecular weight excluding hydrogens is 496 g/mol. The van der Waals surface area contributed by atoms with E-state index in [9.17, 15) is 34.5 Å². The normalized spacial score (nSPS) is 58.1. The molecule has 7 aliphatic rings. The minimum atomic E-state index is -2.67. The summed E-state index contributed by atoms with van der Waals surface area (Å²) in [5, 5.41) is 36.1. The zero-order chi connectivity index (χ0) is 27.4. The van der Waals surface area contributed by atoms with Gasteiger partial charge in [-0.3, -0.25) is 14.4 Å². The fourth-order valence-corrected chi connectivity index (χ4v) is 9.51. The summed E-state index contributed by atoms with van der Waals surface area (Å²) in [6, 6.07) is 0. The third-order valence-electron chi connectivity index (χ3n) is 11.8. The number of carbonyl (C=O) groups is 4. The number of allylic oxidation sites excluding steroid dienone is 3. The number of fused-ring (bicyclic) bond motifs is 9. The second-order valence-electron chi connectivity index (χ2n) is 13.1.